The summed E-state index contributed by atoms with van der Waals surface area (Å²) < 4.78 is 0. The van der Waals surface area contributed by atoms with Crippen LogP contribution in [-0.2, 0) is 9.59 Å². The highest BCUT2D eigenvalue weighted by Gasteiger charge is 2.30. The van der Waals surface area contributed by atoms with Crippen molar-refractivity contribution in [2.45, 2.75) is 13.0 Å². The smallest absolute Gasteiger partial charge is 0.249 e. The second-order valence-corrected chi connectivity index (χ2v) is 5.59. The van der Waals surface area contributed by atoms with Crippen molar-refractivity contribution in [3.63, 3.8) is 0 Å². The summed E-state index contributed by atoms with van der Waals surface area (Å²) in [4.78, 5) is 29.9. The third-order valence-electron chi connectivity index (χ3n) is 3.18. The van der Waals surface area contributed by atoms with Gasteiger partial charge in [-0.3, -0.25) is 14.5 Å². The van der Waals surface area contributed by atoms with Gasteiger partial charge in [0.2, 0.25) is 11.8 Å². The van der Waals surface area contributed by atoms with Crippen LogP contribution in [0.4, 0.5) is 16.5 Å². The fourth-order valence-corrected chi connectivity index (χ4v) is 2.77. The van der Waals surface area contributed by atoms with Gasteiger partial charge >= 0.3 is 0 Å². The number of anilines is 3. The summed E-state index contributed by atoms with van der Waals surface area (Å²) in [5, 5.41) is 8.13. The SMILES string of the molecule is CC1Nc2ccccc2N(CC(=O)Nc2nccs2)C1=O. The highest BCUT2D eigenvalue weighted by molar-refractivity contribution is 7.13. The zero-order valence-corrected chi connectivity index (χ0v) is 12.2. The molecule has 2 N–H and O–H groups in total. The molecule has 0 bridgehead atoms. The highest BCUT2D eigenvalue weighted by atomic mass is 32.1. The molecule has 2 amide bonds. The van der Waals surface area contributed by atoms with E-state index < -0.39 is 0 Å². The van der Waals surface area contributed by atoms with Crippen LogP contribution in [0.2, 0.25) is 0 Å². The van der Waals surface area contributed by atoms with Crippen molar-refractivity contribution in [1.29, 1.82) is 0 Å². The molecule has 0 radical (unpaired) electrons. The Balaban J connectivity index is 1.80. The van der Waals surface area contributed by atoms with Crippen molar-refractivity contribution in [2.75, 3.05) is 22.1 Å². The Bertz CT molecular complexity index is 671. The summed E-state index contributed by atoms with van der Waals surface area (Å²) in [5.74, 6) is -0.384. The number of thiazole rings is 1. The first-order valence-corrected chi connectivity index (χ1v) is 7.39. The number of hydrogen-bond donors (Lipinski definition) is 2. The van der Waals surface area contributed by atoms with Crippen molar-refractivity contribution >= 4 is 39.7 Å². The first kappa shape index (κ1) is 13.6. The summed E-state index contributed by atoms with van der Waals surface area (Å²) in [7, 11) is 0. The van der Waals surface area contributed by atoms with E-state index >= 15 is 0 Å². The Hall–Kier alpha value is -2.41. The molecule has 0 saturated carbocycles. The lowest BCUT2D eigenvalue weighted by Gasteiger charge is -2.33. The predicted octanol–water partition coefficient (Wildman–Crippen LogP) is 1.93. The monoisotopic (exact) mass is 302 g/mol. The van der Waals surface area contributed by atoms with Gasteiger partial charge < -0.3 is 10.6 Å². The van der Waals surface area contributed by atoms with Gasteiger partial charge in [0.05, 0.1) is 11.4 Å². The summed E-state index contributed by atoms with van der Waals surface area (Å²) in [6, 6.07) is 7.09. The van der Waals surface area contributed by atoms with Gasteiger partial charge in [-0.25, -0.2) is 4.98 Å². The van der Waals surface area contributed by atoms with E-state index in [4.69, 9.17) is 0 Å². The zero-order chi connectivity index (χ0) is 14.8. The lowest BCUT2D eigenvalue weighted by atomic mass is 10.1. The van der Waals surface area contributed by atoms with E-state index in [0.717, 1.165) is 11.4 Å². The number of aromatic nitrogens is 1. The summed E-state index contributed by atoms with van der Waals surface area (Å²) in [5.41, 5.74) is 1.57. The van der Waals surface area contributed by atoms with Crippen LogP contribution in [0.15, 0.2) is 35.8 Å². The maximum absolute atomic E-state index is 12.3. The number of fused-ring (bicyclic) bond motifs is 1. The second kappa shape index (κ2) is 5.53. The Morgan fingerprint density at radius 2 is 2.29 bits per heavy atom. The van der Waals surface area contributed by atoms with E-state index in [1.54, 1.807) is 18.5 Å². The van der Waals surface area contributed by atoms with Gasteiger partial charge in [-0.05, 0) is 19.1 Å². The van der Waals surface area contributed by atoms with E-state index in [2.05, 4.69) is 15.6 Å². The summed E-state index contributed by atoms with van der Waals surface area (Å²) in [6.07, 6.45) is 1.62. The second-order valence-electron chi connectivity index (χ2n) is 4.69. The lowest BCUT2D eigenvalue weighted by molar-refractivity contribution is -0.122. The van der Waals surface area contributed by atoms with E-state index in [1.165, 1.54) is 16.2 Å². The number of rotatable bonds is 3. The predicted molar refractivity (Wildman–Crippen MR) is 82.6 cm³/mol. The first-order chi connectivity index (χ1) is 10.1. The third kappa shape index (κ3) is 2.73. The van der Waals surface area contributed by atoms with Crippen LogP contribution < -0.4 is 15.5 Å². The number of benzene rings is 1. The molecule has 1 atom stereocenters. The minimum Gasteiger partial charge on any atom is -0.372 e. The average Bonchev–Trinajstić information content (AvgIpc) is 2.96. The maximum Gasteiger partial charge on any atom is 0.249 e. The van der Waals surface area contributed by atoms with Crippen LogP contribution in [0.5, 0.6) is 0 Å². The Kier molecular flexibility index (Phi) is 3.57. The average molecular weight is 302 g/mol. The first-order valence-electron chi connectivity index (χ1n) is 6.51. The molecule has 2 heterocycles. The van der Waals surface area contributed by atoms with E-state index in [-0.39, 0.29) is 24.4 Å². The molecule has 0 spiro atoms. The summed E-state index contributed by atoms with van der Waals surface area (Å²) in [6.45, 7) is 1.76. The highest BCUT2D eigenvalue weighted by Crippen LogP contribution is 2.30. The van der Waals surface area contributed by atoms with Crippen LogP contribution in [0.3, 0.4) is 0 Å². The molecule has 1 aliphatic rings. The molecule has 6 nitrogen and oxygen atoms in total. The van der Waals surface area contributed by atoms with Gasteiger partial charge in [-0.1, -0.05) is 12.1 Å². The van der Waals surface area contributed by atoms with E-state index in [9.17, 15) is 9.59 Å². The van der Waals surface area contributed by atoms with Gasteiger partial charge in [0.1, 0.15) is 12.6 Å². The molecule has 0 fully saturated rings. The molecule has 108 valence electrons. The van der Waals surface area contributed by atoms with Gasteiger partial charge in [-0.15, -0.1) is 11.3 Å². The van der Waals surface area contributed by atoms with Gasteiger partial charge in [-0.2, -0.15) is 0 Å². The normalized spacial score (nSPS) is 17.1. The van der Waals surface area contributed by atoms with Crippen LogP contribution in [0, 0.1) is 0 Å². The van der Waals surface area contributed by atoms with E-state index in [1.807, 2.05) is 24.3 Å². The third-order valence-corrected chi connectivity index (χ3v) is 3.87. The molecule has 1 aromatic heterocycles. The molecule has 7 heteroatoms. The van der Waals surface area contributed by atoms with Crippen molar-refractivity contribution in [1.82, 2.24) is 4.98 Å². The minimum atomic E-state index is -0.354. The number of nitrogens with zero attached hydrogens (tertiary/aromatic N) is 2. The van der Waals surface area contributed by atoms with E-state index in [0.29, 0.717) is 5.13 Å². The van der Waals surface area contributed by atoms with Gasteiger partial charge in [0.15, 0.2) is 5.13 Å². The minimum absolute atomic E-state index is 0.0263. The van der Waals surface area contributed by atoms with Crippen LogP contribution >= 0.6 is 11.3 Å². The largest absolute Gasteiger partial charge is 0.372 e. The quantitative estimate of drug-likeness (QED) is 0.908. The van der Waals surface area contributed by atoms with Crippen LogP contribution in [-0.4, -0.2) is 29.4 Å². The number of carbonyl (C=O) groups excluding carboxylic acids is 2. The Morgan fingerprint density at radius 3 is 3.05 bits per heavy atom. The van der Waals surface area contributed by atoms with Crippen molar-refractivity contribution in [3.8, 4) is 0 Å². The van der Waals surface area contributed by atoms with Gasteiger partial charge in [0.25, 0.3) is 0 Å². The van der Waals surface area contributed by atoms with Crippen LogP contribution in [0.1, 0.15) is 6.92 Å². The topological polar surface area (TPSA) is 74.3 Å². The molecular weight excluding hydrogens is 288 g/mol. The molecule has 2 aromatic rings. The number of nitrogens with one attached hydrogen (secondary N) is 2. The molecule has 1 aliphatic heterocycles. The number of carbonyl (C=O) groups is 2. The molecule has 0 saturated heterocycles. The van der Waals surface area contributed by atoms with Crippen molar-refractivity contribution in [2.24, 2.45) is 0 Å². The Morgan fingerprint density at radius 1 is 1.48 bits per heavy atom. The standard InChI is InChI=1S/C14H14N4O2S/c1-9-13(20)18(11-5-3-2-4-10(11)16-9)8-12(19)17-14-15-6-7-21-14/h2-7,9,16H,8H2,1H3,(H,15,17,19). The fourth-order valence-electron chi connectivity index (χ4n) is 2.23. The molecule has 3 rings (SSSR count). The maximum atomic E-state index is 12.3. The lowest BCUT2D eigenvalue weighted by Crippen LogP contribution is -2.48. The zero-order valence-electron chi connectivity index (χ0n) is 11.4. The molecule has 21 heavy (non-hydrogen) atoms. The van der Waals surface area contributed by atoms with Crippen molar-refractivity contribution < 1.29 is 9.59 Å². The molecule has 1 aromatic carbocycles. The summed E-state index contributed by atoms with van der Waals surface area (Å²) >= 11 is 1.34. The van der Waals surface area contributed by atoms with Crippen molar-refractivity contribution in [3.05, 3.63) is 35.8 Å². The number of amides is 2. The molecular formula is C14H14N4O2S. The van der Waals surface area contributed by atoms with Crippen LogP contribution in [0.25, 0.3) is 0 Å². The molecule has 0 aliphatic carbocycles. The van der Waals surface area contributed by atoms with Gasteiger partial charge in [0, 0.05) is 11.6 Å². The molecule has 1 unspecified atom stereocenters. The fraction of sp³-hybridized carbons (Fsp3) is 0.214. The number of hydrogen-bond acceptors (Lipinski definition) is 5. The Labute approximate surface area is 125 Å². The number of para-hydroxylation sites is 2.